The number of benzene rings is 1. The minimum absolute atomic E-state index is 0.0922. The van der Waals surface area contributed by atoms with Crippen LogP contribution in [0.1, 0.15) is 50.5 Å². The fraction of sp³-hybridized carbons (Fsp3) is 0.700. The van der Waals surface area contributed by atoms with Crippen LogP contribution in [0.25, 0.3) is 0 Å². The second-order valence-corrected chi connectivity index (χ2v) is 6.76. The molecule has 1 saturated heterocycles. The number of hydrogen-bond acceptors (Lipinski definition) is 3. The molecule has 1 aliphatic heterocycles. The van der Waals surface area contributed by atoms with Crippen molar-refractivity contribution in [1.82, 2.24) is 0 Å². The van der Waals surface area contributed by atoms with Gasteiger partial charge in [0.15, 0.2) is 6.29 Å². The smallest absolute Gasteiger partial charge is 0.377 e. The fourth-order valence-electron chi connectivity index (χ4n) is 2.94. The molecule has 0 aromatic heterocycles. The highest BCUT2D eigenvalue weighted by Crippen LogP contribution is 2.31. The van der Waals surface area contributed by atoms with Gasteiger partial charge in [-0.3, -0.25) is 0 Å². The molecular weight excluding hydrogens is 345 g/mol. The van der Waals surface area contributed by atoms with Crippen LogP contribution in [0.4, 0.5) is 13.2 Å². The summed E-state index contributed by atoms with van der Waals surface area (Å²) in [6.07, 6.45) is -0.00497. The normalized spacial score (nSPS) is 19.4. The van der Waals surface area contributed by atoms with Gasteiger partial charge in [0.25, 0.3) is 0 Å². The molecule has 0 amide bonds. The van der Waals surface area contributed by atoms with Crippen LogP contribution in [-0.4, -0.2) is 32.3 Å². The van der Waals surface area contributed by atoms with Gasteiger partial charge in [-0.15, -0.1) is 0 Å². The van der Waals surface area contributed by atoms with E-state index >= 15 is 0 Å². The molecule has 1 aromatic rings. The Hall–Kier alpha value is -1.11. The monoisotopic (exact) mass is 374 g/mol. The van der Waals surface area contributed by atoms with E-state index in [4.69, 9.17) is 14.2 Å². The van der Waals surface area contributed by atoms with E-state index in [0.717, 1.165) is 31.2 Å². The number of alkyl halides is 3. The van der Waals surface area contributed by atoms with Crippen molar-refractivity contribution >= 4 is 0 Å². The number of unbranched alkanes of at least 4 members (excludes halogenated alkanes) is 2. The number of halogens is 3. The van der Waals surface area contributed by atoms with Gasteiger partial charge in [0.1, 0.15) is 0 Å². The molecule has 2 rings (SSSR count). The third kappa shape index (κ3) is 8.52. The molecule has 1 unspecified atom stereocenters. The molecule has 2 atom stereocenters. The molecule has 3 nitrogen and oxygen atoms in total. The maximum Gasteiger partial charge on any atom is 0.394 e. The lowest BCUT2D eigenvalue weighted by molar-refractivity contribution is -0.222. The molecule has 1 fully saturated rings. The average molecular weight is 374 g/mol. The van der Waals surface area contributed by atoms with Crippen LogP contribution < -0.4 is 0 Å². The quantitative estimate of drug-likeness (QED) is 0.480. The lowest BCUT2D eigenvalue weighted by atomic mass is 10.0. The summed E-state index contributed by atoms with van der Waals surface area (Å²) in [6.45, 7) is 1.38. The van der Waals surface area contributed by atoms with Crippen molar-refractivity contribution in [3.8, 4) is 0 Å². The Labute approximate surface area is 153 Å². The summed E-state index contributed by atoms with van der Waals surface area (Å²) < 4.78 is 55.7. The largest absolute Gasteiger partial charge is 0.394 e. The average Bonchev–Trinajstić information content (AvgIpc) is 2.64. The maximum atomic E-state index is 13.1. The van der Waals surface area contributed by atoms with Crippen molar-refractivity contribution in [3.05, 3.63) is 35.9 Å². The fourth-order valence-corrected chi connectivity index (χ4v) is 2.94. The molecule has 0 bridgehead atoms. The highest BCUT2D eigenvalue weighted by Gasteiger charge is 2.39. The van der Waals surface area contributed by atoms with Crippen molar-refractivity contribution in [3.63, 3.8) is 0 Å². The second kappa shape index (κ2) is 11.6. The molecule has 0 saturated carbocycles. The Morgan fingerprint density at radius 3 is 2.58 bits per heavy atom. The summed E-state index contributed by atoms with van der Waals surface area (Å²) in [6, 6.07) is 9.84. The molecule has 6 heteroatoms. The van der Waals surface area contributed by atoms with Gasteiger partial charge < -0.3 is 14.2 Å². The van der Waals surface area contributed by atoms with E-state index < -0.39 is 18.4 Å². The van der Waals surface area contributed by atoms with Crippen LogP contribution >= 0.6 is 0 Å². The van der Waals surface area contributed by atoms with Gasteiger partial charge in [0.2, 0.25) is 0 Å². The van der Waals surface area contributed by atoms with E-state index in [1.165, 1.54) is 0 Å². The zero-order valence-corrected chi connectivity index (χ0v) is 15.2. The Morgan fingerprint density at radius 2 is 1.88 bits per heavy atom. The summed E-state index contributed by atoms with van der Waals surface area (Å²) in [5.74, 6) is -1.42. The van der Waals surface area contributed by atoms with Crippen LogP contribution in [0.5, 0.6) is 0 Å². The van der Waals surface area contributed by atoms with Crippen LogP contribution in [0.3, 0.4) is 0 Å². The summed E-state index contributed by atoms with van der Waals surface area (Å²) >= 11 is 0. The Kier molecular flexibility index (Phi) is 9.43. The number of rotatable bonds is 11. The van der Waals surface area contributed by atoms with Crippen LogP contribution in [0, 0.1) is 5.92 Å². The number of hydrogen-bond donors (Lipinski definition) is 0. The molecule has 1 aliphatic rings. The first-order valence-electron chi connectivity index (χ1n) is 9.47. The van der Waals surface area contributed by atoms with E-state index in [1.54, 1.807) is 0 Å². The van der Waals surface area contributed by atoms with Gasteiger partial charge in [0, 0.05) is 13.2 Å². The summed E-state index contributed by atoms with van der Waals surface area (Å²) in [7, 11) is 0. The molecule has 0 N–H and O–H groups in total. The Morgan fingerprint density at radius 1 is 1.08 bits per heavy atom. The Bertz CT molecular complexity index is 473. The van der Waals surface area contributed by atoms with Crippen molar-refractivity contribution in [1.29, 1.82) is 0 Å². The lowest BCUT2D eigenvalue weighted by Gasteiger charge is -2.26. The molecule has 1 aromatic carbocycles. The Balaban J connectivity index is 1.56. The molecule has 1 heterocycles. The molecule has 0 radical (unpaired) electrons. The highest BCUT2D eigenvalue weighted by atomic mass is 19.4. The van der Waals surface area contributed by atoms with E-state index in [9.17, 15) is 13.2 Å². The molecule has 0 spiro atoms. The standard InChI is InChI=1S/C20H29F3O3/c21-20(22,23)18(16-26-19-12-6-8-14-25-19)11-5-2-7-13-24-15-17-9-3-1-4-10-17/h1,3-4,9-10,18-19H,2,5-8,11-16H2/t18-,19?/m1/s1. The van der Waals surface area contributed by atoms with Gasteiger partial charge in [-0.05, 0) is 37.7 Å². The van der Waals surface area contributed by atoms with Crippen molar-refractivity contribution < 1.29 is 27.4 Å². The first-order valence-corrected chi connectivity index (χ1v) is 9.47. The molecular formula is C20H29F3O3. The SMILES string of the molecule is FC(F)(F)[C@H](CCCCCOCc1ccccc1)COC1CCCCO1. The van der Waals surface area contributed by atoms with Gasteiger partial charge in [-0.25, -0.2) is 0 Å². The second-order valence-electron chi connectivity index (χ2n) is 6.76. The van der Waals surface area contributed by atoms with Crippen molar-refractivity contribution in [2.75, 3.05) is 19.8 Å². The minimum Gasteiger partial charge on any atom is -0.377 e. The third-order valence-corrected chi connectivity index (χ3v) is 4.54. The van der Waals surface area contributed by atoms with Gasteiger partial charge in [-0.2, -0.15) is 13.2 Å². The van der Waals surface area contributed by atoms with Crippen LogP contribution in [0.15, 0.2) is 30.3 Å². The van der Waals surface area contributed by atoms with Crippen LogP contribution in [-0.2, 0) is 20.8 Å². The van der Waals surface area contributed by atoms with E-state index in [0.29, 0.717) is 32.7 Å². The minimum atomic E-state index is -4.22. The first kappa shape index (κ1) is 21.2. The zero-order chi connectivity index (χ0) is 18.7. The zero-order valence-electron chi connectivity index (χ0n) is 15.2. The number of ether oxygens (including phenoxy) is 3. The van der Waals surface area contributed by atoms with Gasteiger partial charge >= 0.3 is 6.18 Å². The third-order valence-electron chi connectivity index (χ3n) is 4.54. The van der Waals surface area contributed by atoms with E-state index in [2.05, 4.69) is 0 Å². The summed E-state index contributed by atoms with van der Waals surface area (Å²) in [5, 5.41) is 0. The molecule has 0 aliphatic carbocycles. The van der Waals surface area contributed by atoms with Crippen molar-refractivity contribution in [2.24, 2.45) is 5.92 Å². The van der Waals surface area contributed by atoms with Gasteiger partial charge in [-0.1, -0.05) is 43.2 Å². The molecule has 148 valence electrons. The van der Waals surface area contributed by atoms with Crippen LogP contribution in [0.2, 0.25) is 0 Å². The summed E-state index contributed by atoms with van der Waals surface area (Å²) in [4.78, 5) is 0. The first-order chi connectivity index (χ1) is 12.6. The topological polar surface area (TPSA) is 27.7 Å². The predicted octanol–water partition coefficient (Wildman–Crippen LogP) is 5.49. The summed E-state index contributed by atoms with van der Waals surface area (Å²) in [5.41, 5.74) is 1.10. The lowest BCUT2D eigenvalue weighted by Crippen LogP contribution is -2.31. The van der Waals surface area contributed by atoms with Gasteiger partial charge in [0.05, 0.1) is 19.1 Å². The highest BCUT2D eigenvalue weighted by molar-refractivity contribution is 5.13. The predicted molar refractivity (Wildman–Crippen MR) is 93.7 cm³/mol. The van der Waals surface area contributed by atoms with E-state index in [-0.39, 0.29) is 13.0 Å². The molecule has 26 heavy (non-hydrogen) atoms. The van der Waals surface area contributed by atoms with Crippen molar-refractivity contribution in [2.45, 2.75) is 64.0 Å². The van der Waals surface area contributed by atoms with E-state index in [1.807, 2.05) is 30.3 Å². The maximum absolute atomic E-state index is 13.1.